The van der Waals surface area contributed by atoms with Crippen molar-refractivity contribution in [2.24, 2.45) is 0 Å². The number of hydrogen-bond acceptors (Lipinski definition) is 6. The molecule has 0 spiro atoms. The molecule has 0 saturated heterocycles. The monoisotopic (exact) mass is 464 g/mol. The Morgan fingerprint density at radius 2 is 1.79 bits per heavy atom. The highest BCUT2D eigenvalue weighted by molar-refractivity contribution is 7.10. The van der Waals surface area contributed by atoms with Gasteiger partial charge in [0.2, 0.25) is 5.91 Å². The minimum absolute atomic E-state index is 0.118. The van der Waals surface area contributed by atoms with E-state index in [1.165, 1.54) is 18.4 Å². The van der Waals surface area contributed by atoms with Crippen LogP contribution in [0.2, 0.25) is 0 Å². The van der Waals surface area contributed by atoms with E-state index in [9.17, 15) is 14.4 Å². The van der Waals surface area contributed by atoms with E-state index in [-0.39, 0.29) is 11.8 Å². The van der Waals surface area contributed by atoms with Gasteiger partial charge in [0, 0.05) is 29.8 Å². The average molecular weight is 465 g/mol. The van der Waals surface area contributed by atoms with Crippen LogP contribution in [0.3, 0.4) is 0 Å². The lowest BCUT2D eigenvalue weighted by atomic mass is 9.81. The molecule has 8 heteroatoms. The molecule has 0 radical (unpaired) electrons. The summed E-state index contributed by atoms with van der Waals surface area (Å²) in [6.07, 6.45) is 0. The molecule has 170 valence electrons. The number of esters is 1. The summed E-state index contributed by atoms with van der Waals surface area (Å²) in [5.74, 6) is -1.41. The van der Waals surface area contributed by atoms with Crippen molar-refractivity contribution in [1.29, 1.82) is 0 Å². The van der Waals surface area contributed by atoms with Gasteiger partial charge in [0.1, 0.15) is 0 Å². The number of methoxy groups -OCH3 is 2. The molecular formula is C25H24N2O5S. The number of thiophene rings is 1. The normalized spacial score (nSPS) is 17.4. The van der Waals surface area contributed by atoms with Crippen molar-refractivity contribution in [2.45, 2.75) is 12.0 Å². The number of carbonyl (C=O) groups excluding carboxylic acids is 3. The molecular weight excluding hydrogens is 440 g/mol. The Hall–Kier alpha value is -3.49. The second kappa shape index (κ2) is 9.97. The SMILES string of the molecule is COCCN1C(=O)c2ccccc2[C@@H](C(=O)Nc2ccc(C(=O)OC)cc2)[C@H]1c1cccs1. The quantitative estimate of drug-likeness (QED) is 0.532. The number of carbonyl (C=O) groups is 3. The zero-order chi connectivity index (χ0) is 23.4. The summed E-state index contributed by atoms with van der Waals surface area (Å²) in [6.45, 7) is 0.725. The predicted octanol–water partition coefficient (Wildman–Crippen LogP) is 4.10. The second-order valence-corrected chi connectivity index (χ2v) is 8.55. The van der Waals surface area contributed by atoms with Crippen molar-refractivity contribution >= 4 is 34.8 Å². The molecule has 2 amide bonds. The third kappa shape index (κ3) is 4.53. The number of fused-ring (bicyclic) bond motifs is 1. The highest BCUT2D eigenvalue weighted by Gasteiger charge is 2.44. The zero-order valence-electron chi connectivity index (χ0n) is 18.3. The zero-order valence-corrected chi connectivity index (χ0v) is 19.1. The van der Waals surface area contributed by atoms with Crippen LogP contribution in [0.25, 0.3) is 0 Å². The Balaban J connectivity index is 1.72. The van der Waals surface area contributed by atoms with E-state index in [2.05, 4.69) is 5.32 Å². The Morgan fingerprint density at radius 1 is 1.03 bits per heavy atom. The van der Waals surface area contributed by atoms with Crippen LogP contribution in [-0.4, -0.2) is 50.1 Å². The van der Waals surface area contributed by atoms with Gasteiger partial charge in [-0.15, -0.1) is 11.3 Å². The van der Waals surface area contributed by atoms with Gasteiger partial charge in [0.25, 0.3) is 5.91 Å². The summed E-state index contributed by atoms with van der Waals surface area (Å²) in [7, 11) is 2.91. The van der Waals surface area contributed by atoms with E-state index in [0.29, 0.717) is 35.5 Å². The number of rotatable bonds is 7. The second-order valence-electron chi connectivity index (χ2n) is 7.57. The molecule has 0 bridgehead atoms. The van der Waals surface area contributed by atoms with Gasteiger partial charge in [0.05, 0.1) is 31.2 Å². The van der Waals surface area contributed by atoms with Gasteiger partial charge >= 0.3 is 5.97 Å². The maximum absolute atomic E-state index is 13.7. The van der Waals surface area contributed by atoms with Gasteiger partial charge < -0.3 is 19.7 Å². The molecule has 33 heavy (non-hydrogen) atoms. The summed E-state index contributed by atoms with van der Waals surface area (Å²) < 4.78 is 9.98. The number of nitrogens with zero attached hydrogens (tertiary/aromatic N) is 1. The molecule has 2 heterocycles. The summed E-state index contributed by atoms with van der Waals surface area (Å²) in [4.78, 5) is 41.4. The van der Waals surface area contributed by atoms with Crippen LogP contribution < -0.4 is 5.32 Å². The first-order valence-electron chi connectivity index (χ1n) is 10.5. The Kier molecular flexibility index (Phi) is 6.86. The summed E-state index contributed by atoms with van der Waals surface area (Å²) in [6, 6.07) is 17.2. The van der Waals surface area contributed by atoms with Gasteiger partial charge in [-0.25, -0.2) is 4.79 Å². The fourth-order valence-electron chi connectivity index (χ4n) is 4.11. The number of benzene rings is 2. The summed E-state index contributed by atoms with van der Waals surface area (Å²) in [5, 5.41) is 4.90. The first-order valence-corrected chi connectivity index (χ1v) is 11.3. The fraction of sp³-hybridized carbons (Fsp3) is 0.240. The minimum Gasteiger partial charge on any atom is -0.465 e. The van der Waals surface area contributed by atoms with Gasteiger partial charge in [-0.05, 0) is 47.3 Å². The molecule has 3 aromatic rings. The molecule has 7 nitrogen and oxygen atoms in total. The van der Waals surface area contributed by atoms with Crippen molar-refractivity contribution in [1.82, 2.24) is 4.90 Å². The number of amides is 2. The Bertz CT molecular complexity index is 1140. The molecule has 0 aliphatic carbocycles. The molecule has 1 aliphatic heterocycles. The standard InChI is InChI=1S/C25H24N2O5S/c1-31-14-13-27-22(20-8-5-15-33-20)21(18-6-3-4-7-19(18)24(27)29)23(28)26-17-11-9-16(10-12-17)25(30)32-2/h3-12,15,21-22H,13-14H2,1-2H3,(H,26,28)/t21-,22-/m1/s1. The third-order valence-electron chi connectivity index (χ3n) is 5.67. The van der Waals surface area contributed by atoms with Gasteiger partial charge in [-0.1, -0.05) is 24.3 Å². The Labute approximate surface area is 195 Å². The van der Waals surface area contributed by atoms with E-state index in [0.717, 1.165) is 4.88 Å². The number of ether oxygens (including phenoxy) is 2. The molecule has 1 aromatic heterocycles. The Morgan fingerprint density at radius 3 is 2.45 bits per heavy atom. The van der Waals surface area contributed by atoms with Crippen LogP contribution >= 0.6 is 11.3 Å². The smallest absolute Gasteiger partial charge is 0.337 e. The van der Waals surface area contributed by atoms with Crippen molar-refractivity contribution in [2.75, 3.05) is 32.7 Å². The van der Waals surface area contributed by atoms with Crippen LogP contribution in [0, 0.1) is 0 Å². The molecule has 0 fully saturated rings. The summed E-state index contributed by atoms with van der Waals surface area (Å²) >= 11 is 1.51. The lowest BCUT2D eigenvalue weighted by Gasteiger charge is -2.41. The van der Waals surface area contributed by atoms with Crippen molar-refractivity contribution < 1.29 is 23.9 Å². The van der Waals surface area contributed by atoms with Crippen molar-refractivity contribution in [3.8, 4) is 0 Å². The molecule has 0 unspecified atom stereocenters. The molecule has 1 aliphatic rings. The molecule has 2 atom stereocenters. The first-order chi connectivity index (χ1) is 16.0. The lowest BCUT2D eigenvalue weighted by Crippen LogP contribution is -2.47. The highest BCUT2D eigenvalue weighted by atomic mass is 32.1. The van der Waals surface area contributed by atoms with E-state index in [1.807, 2.05) is 29.6 Å². The van der Waals surface area contributed by atoms with Crippen LogP contribution in [0.1, 0.15) is 43.1 Å². The van der Waals surface area contributed by atoms with Crippen molar-refractivity contribution in [3.63, 3.8) is 0 Å². The summed E-state index contributed by atoms with van der Waals surface area (Å²) in [5.41, 5.74) is 2.16. The van der Waals surface area contributed by atoms with E-state index >= 15 is 0 Å². The highest BCUT2D eigenvalue weighted by Crippen LogP contribution is 2.44. The number of anilines is 1. The molecule has 4 rings (SSSR count). The van der Waals surface area contributed by atoms with Crippen LogP contribution in [0.15, 0.2) is 66.0 Å². The predicted molar refractivity (Wildman–Crippen MR) is 126 cm³/mol. The van der Waals surface area contributed by atoms with Gasteiger partial charge in [-0.2, -0.15) is 0 Å². The minimum atomic E-state index is -0.616. The van der Waals surface area contributed by atoms with Gasteiger partial charge in [0.15, 0.2) is 0 Å². The largest absolute Gasteiger partial charge is 0.465 e. The molecule has 1 N–H and O–H groups in total. The maximum atomic E-state index is 13.7. The lowest BCUT2D eigenvalue weighted by molar-refractivity contribution is -0.119. The van der Waals surface area contributed by atoms with Crippen LogP contribution in [0.4, 0.5) is 5.69 Å². The molecule has 2 aromatic carbocycles. The number of hydrogen-bond donors (Lipinski definition) is 1. The van der Waals surface area contributed by atoms with E-state index in [4.69, 9.17) is 9.47 Å². The first kappa shape index (κ1) is 22.7. The number of nitrogens with one attached hydrogen (secondary N) is 1. The van der Waals surface area contributed by atoms with Crippen molar-refractivity contribution in [3.05, 3.63) is 87.6 Å². The van der Waals surface area contributed by atoms with Gasteiger partial charge in [-0.3, -0.25) is 9.59 Å². The fourth-order valence-corrected chi connectivity index (χ4v) is 4.99. The van der Waals surface area contributed by atoms with Crippen LogP contribution in [-0.2, 0) is 14.3 Å². The average Bonchev–Trinajstić information content (AvgIpc) is 3.38. The third-order valence-corrected chi connectivity index (χ3v) is 6.61. The maximum Gasteiger partial charge on any atom is 0.337 e. The topological polar surface area (TPSA) is 84.9 Å². The van der Waals surface area contributed by atoms with E-state index < -0.39 is 17.9 Å². The molecule has 0 saturated carbocycles. The van der Waals surface area contributed by atoms with Crippen LogP contribution in [0.5, 0.6) is 0 Å². The van der Waals surface area contributed by atoms with E-state index in [1.54, 1.807) is 48.4 Å².